The van der Waals surface area contributed by atoms with Crippen LogP contribution in [0.15, 0.2) is 51.5 Å². The van der Waals surface area contributed by atoms with Crippen molar-refractivity contribution in [2.24, 2.45) is 0 Å². The average Bonchev–Trinajstić information content (AvgIpc) is 2.95. The van der Waals surface area contributed by atoms with Gasteiger partial charge in [-0.25, -0.2) is 4.39 Å². The van der Waals surface area contributed by atoms with Crippen molar-refractivity contribution in [1.29, 1.82) is 0 Å². The molecule has 7 heteroatoms. The van der Waals surface area contributed by atoms with Crippen molar-refractivity contribution in [1.82, 2.24) is 10.1 Å². The van der Waals surface area contributed by atoms with E-state index in [0.717, 1.165) is 0 Å². The van der Waals surface area contributed by atoms with E-state index in [1.54, 1.807) is 18.2 Å². The van der Waals surface area contributed by atoms with E-state index in [4.69, 9.17) is 20.9 Å². The molecule has 1 aromatic heterocycles. The summed E-state index contributed by atoms with van der Waals surface area (Å²) in [6.07, 6.45) is 0. The van der Waals surface area contributed by atoms with Crippen molar-refractivity contribution in [2.75, 3.05) is 0 Å². The third-order valence-corrected chi connectivity index (χ3v) is 3.65. The molecule has 0 fully saturated rings. The highest BCUT2D eigenvalue weighted by Gasteiger charge is 2.13. The van der Waals surface area contributed by atoms with Crippen LogP contribution in [-0.4, -0.2) is 10.1 Å². The Labute approximate surface area is 139 Å². The van der Waals surface area contributed by atoms with Crippen molar-refractivity contribution in [2.45, 2.75) is 6.61 Å². The lowest BCUT2D eigenvalue weighted by atomic mass is 10.2. The van der Waals surface area contributed by atoms with E-state index in [-0.39, 0.29) is 12.4 Å². The number of ether oxygens (including phenoxy) is 1. The maximum atomic E-state index is 13.6. The largest absolute Gasteiger partial charge is 0.482 e. The van der Waals surface area contributed by atoms with Crippen LogP contribution < -0.4 is 4.74 Å². The summed E-state index contributed by atoms with van der Waals surface area (Å²) in [7, 11) is 0. The SMILES string of the molecule is Fc1cc(Br)ccc1OCc1noc(-c2ccccc2Cl)n1. The second-order valence-electron chi connectivity index (χ2n) is 4.36. The molecule has 0 aliphatic rings. The molecule has 112 valence electrons. The second kappa shape index (κ2) is 6.46. The van der Waals surface area contributed by atoms with E-state index in [1.165, 1.54) is 12.1 Å². The van der Waals surface area contributed by atoms with Gasteiger partial charge in [-0.15, -0.1) is 0 Å². The van der Waals surface area contributed by atoms with Crippen LogP contribution in [0.5, 0.6) is 5.75 Å². The summed E-state index contributed by atoms with van der Waals surface area (Å²) in [5.41, 5.74) is 0.637. The maximum absolute atomic E-state index is 13.6. The quantitative estimate of drug-likeness (QED) is 0.645. The predicted octanol–water partition coefficient (Wildman–Crippen LogP) is 4.87. The smallest absolute Gasteiger partial charge is 0.259 e. The van der Waals surface area contributed by atoms with Gasteiger partial charge in [0.25, 0.3) is 5.89 Å². The summed E-state index contributed by atoms with van der Waals surface area (Å²) in [6, 6.07) is 11.7. The van der Waals surface area contributed by atoms with Gasteiger partial charge in [-0.1, -0.05) is 44.8 Å². The standard InChI is InChI=1S/C15H9BrClFN2O2/c16-9-5-6-13(12(18)7-9)21-8-14-19-15(22-20-14)10-3-1-2-4-11(10)17/h1-7H,8H2. The first-order valence-electron chi connectivity index (χ1n) is 6.29. The molecule has 0 atom stereocenters. The molecule has 22 heavy (non-hydrogen) atoms. The van der Waals surface area contributed by atoms with Gasteiger partial charge in [-0.05, 0) is 30.3 Å². The van der Waals surface area contributed by atoms with Gasteiger partial charge in [0.2, 0.25) is 5.82 Å². The fraction of sp³-hybridized carbons (Fsp3) is 0.0667. The number of benzene rings is 2. The number of nitrogens with zero attached hydrogens (tertiary/aromatic N) is 2. The minimum atomic E-state index is -0.468. The van der Waals surface area contributed by atoms with Crippen molar-refractivity contribution in [3.8, 4) is 17.2 Å². The summed E-state index contributed by atoms with van der Waals surface area (Å²) in [5.74, 6) is 0.245. The fourth-order valence-corrected chi connectivity index (χ4v) is 2.34. The van der Waals surface area contributed by atoms with Gasteiger partial charge in [-0.3, -0.25) is 0 Å². The number of hydrogen-bond acceptors (Lipinski definition) is 4. The van der Waals surface area contributed by atoms with Crippen LogP contribution >= 0.6 is 27.5 Å². The molecule has 0 unspecified atom stereocenters. The monoisotopic (exact) mass is 382 g/mol. The Bertz CT molecular complexity index is 810. The van der Waals surface area contributed by atoms with Crippen molar-refractivity contribution < 1.29 is 13.7 Å². The molecule has 0 bridgehead atoms. The van der Waals surface area contributed by atoms with Crippen molar-refractivity contribution >= 4 is 27.5 Å². The van der Waals surface area contributed by atoms with E-state index in [1.807, 2.05) is 12.1 Å². The first-order chi connectivity index (χ1) is 10.6. The molecule has 3 rings (SSSR count). The van der Waals surface area contributed by atoms with Crippen LogP contribution in [0, 0.1) is 5.82 Å². The van der Waals surface area contributed by atoms with E-state index in [9.17, 15) is 4.39 Å². The molecule has 4 nitrogen and oxygen atoms in total. The van der Waals surface area contributed by atoms with E-state index < -0.39 is 5.82 Å². The summed E-state index contributed by atoms with van der Waals surface area (Å²) in [4.78, 5) is 4.18. The number of hydrogen-bond donors (Lipinski definition) is 0. The minimum Gasteiger partial charge on any atom is -0.482 e. The number of aromatic nitrogens is 2. The van der Waals surface area contributed by atoms with Gasteiger partial charge in [0.1, 0.15) is 0 Å². The third kappa shape index (κ3) is 3.28. The molecule has 0 radical (unpaired) electrons. The zero-order valence-electron chi connectivity index (χ0n) is 11.1. The minimum absolute atomic E-state index is 0.00744. The Kier molecular flexibility index (Phi) is 4.40. The van der Waals surface area contributed by atoms with Gasteiger partial charge < -0.3 is 9.26 Å². The lowest BCUT2D eigenvalue weighted by Crippen LogP contribution is -1.99. The van der Waals surface area contributed by atoms with Crippen LogP contribution in [-0.2, 0) is 6.61 Å². The molecule has 0 amide bonds. The zero-order valence-corrected chi connectivity index (χ0v) is 13.4. The number of halogens is 3. The molecule has 0 aliphatic heterocycles. The number of rotatable bonds is 4. The molecular formula is C15H9BrClFN2O2. The molecule has 0 N–H and O–H groups in total. The first-order valence-corrected chi connectivity index (χ1v) is 7.46. The Morgan fingerprint density at radius 2 is 2.05 bits per heavy atom. The summed E-state index contributed by atoms with van der Waals surface area (Å²) < 4.78 is 24.8. The van der Waals surface area contributed by atoms with E-state index >= 15 is 0 Å². The topological polar surface area (TPSA) is 48.2 Å². The molecule has 0 aliphatic carbocycles. The lowest BCUT2D eigenvalue weighted by molar-refractivity contribution is 0.273. The Morgan fingerprint density at radius 3 is 2.82 bits per heavy atom. The van der Waals surface area contributed by atoms with Crippen molar-refractivity contribution in [3.05, 3.63) is 63.6 Å². The van der Waals surface area contributed by atoms with E-state index in [2.05, 4.69) is 26.1 Å². The second-order valence-corrected chi connectivity index (χ2v) is 5.68. The predicted molar refractivity (Wildman–Crippen MR) is 83.2 cm³/mol. The molecule has 0 spiro atoms. The molecule has 3 aromatic rings. The fourth-order valence-electron chi connectivity index (χ4n) is 1.79. The molecule has 0 saturated heterocycles. The zero-order chi connectivity index (χ0) is 15.5. The van der Waals surface area contributed by atoms with Crippen LogP contribution in [0.25, 0.3) is 11.5 Å². The Morgan fingerprint density at radius 1 is 1.23 bits per heavy atom. The molecular weight excluding hydrogens is 375 g/mol. The molecule has 1 heterocycles. The van der Waals surface area contributed by atoms with Gasteiger partial charge >= 0.3 is 0 Å². The summed E-state index contributed by atoms with van der Waals surface area (Å²) in [5, 5.41) is 4.31. The highest BCUT2D eigenvalue weighted by Crippen LogP contribution is 2.26. The van der Waals surface area contributed by atoms with E-state index in [0.29, 0.717) is 26.8 Å². The van der Waals surface area contributed by atoms with Gasteiger partial charge in [0, 0.05) is 4.47 Å². The Balaban J connectivity index is 1.74. The highest BCUT2D eigenvalue weighted by molar-refractivity contribution is 9.10. The third-order valence-electron chi connectivity index (χ3n) is 2.82. The van der Waals surface area contributed by atoms with Gasteiger partial charge in [0.05, 0.1) is 10.6 Å². The van der Waals surface area contributed by atoms with Crippen LogP contribution in [0.4, 0.5) is 4.39 Å². The normalized spacial score (nSPS) is 10.7. The lowest BCUT2D eigenvalue weighted by Gasteiger charge is -2.04. The van der Waals surface area contributed by atoms with Gasteiger partial charge in [-0.2, -0.15) is 4.98 Å². The van der Waals surface area contributed by atoms with Crippen molar-refractivity contribution in [3.63, 3.8) is 0 Å². The molecule has 2 aromatic carbocycles. The average molecular weight is 384 g/mol. The molecule has 0 saturated carbocycles. The van der Waals surface area contributed by atoms with Crippen LogP contribution in [0.2, 0.25) is 5.02 Å². The first kappa shape index (κ1) is 15.0. The van der Waals surface area contributed by atoms with Crippen LogP contribution in [0.1, 0.15) is 5.82 Å². The Hall–Kier alpha value is -1.92. The summed E-state index contributed by atoms with van der Waals surface area (Å²) >= 11 is 9.24. The maximum Gasteiger partial charge on any atom is 0.259 e. The van der Waals surface area contributed by atoms with Crippen LogP contribution in [0.3, 0.4) is 0 Å². The summed E-state index contributed by atoms with van der Waals surface area (Å²) in [6.45, 7) is -0.00744. The van der Waals surface area contributed by atoms with Gasteiger partial charge in [0.15, 0.2) is 18.2 Å². The highest BCUT2D eigenvalue weighted by atomic mass is 79.9.